The summed E-state index contributed by atoms with van der Waals surface area (Å²) in [6.07, 6.45) is 5.84. The lowest BCUT2D eigenvalue weighted by atomic mass is 9.86. The lowest BCUT2D eigenvalue weighted by Gasteiger charge is -2.36. The number of methoxy groups -OCH3 is 1. The number of benzene rings is 2. The van der Waals surface area contributed by atoms with Crippen molar-refractivity contribution in [3.63, 3.8) is 0 Å². The van der Waals surface area contributed by atoms with Crippen LogP contribution in [0.4, 0.5) is 4.39 Å². The van der Waals surface area contributed by atoms with Gasteiger partial charge in [0.1, 0.15) is 16.4 Å². The number of pyridine rings is 1. The van der Waals surface area contributed by atoms with Gasteiger partial charge in [0.2, 0.25) is 0 Å². The third kappa shape index (κ3) is 5.23. The average Bonchev–Trinajstić information content (AvgIpc) is 3.25. The van der Waals surface area contributed by atoms with Crippen LogP contribution in [0.5, 0.6) is 5.75 Å². The first-order valence-corrected chi connectivity index (χ1v) is 13.8. The van der Waals surface area contributed by atoms with Crippen LogP contribution in [-0.2, 0) is 6.54 Å². The van der Waals surface area contributed by atoms with E-state index in [2.05, 4.69) is 18.0 Å². The lowest BCUT2D eigenvalue weighted by Crippen LogP contribution is -2.41. The molecule has 5 rings (SSSR count). The molecule has 2 aromatic carbocycles. The lowest BCUT2D eigenvalue weighted by molar-refractivity contribution is 0.0597. The number of carbonyl (C=O) groups excluding carboxylic acids is 1. The van der Waals surface area contributed by atoms with E-state index < -0.39 is 5.82 Å². The number of nitrogens with zero attached hydrogens (tertiary/aromatic N) is 2. The summed E-state index contributed by atoms with van der Waals surface area (Å²) < 4.78 is 21.0. The smallest absolute Gasteiger partial charge is 0.266 e. The van der Waals surface area contributed by atoms with Crippen molar-refractivity contribution in [3.8, 4) is 16.9 Å². The van der Waals surface area contributed by atoms with E-state index in [1.807, 2.05) is 42.3 Å². The van der Waals surface area contributed by atoms with E-state index in [1.165, 1.54) is 17.4 Å². The number of aromatic nitrogens is 1. The van der Waals surface area contributed by atoms with Crippen molar-refractivity contribution in [2.24, 2.45) is 5.92 Å². The maximum Gasteiger partial charge on any atom is 0.266 e. The second kappa shape index (κ2) is 10.8. The van der Waals surface area contributed by atoms with Crippen LogP contribution >= 0.6 is 22.9 Å². The Bertz CT molecular complexity index is 1430. The van der Waals surface area contributed by atoms with Crippen LogP contribution in [-0.4, -0.2) is 28.9 Å². The number of amides is 1. The van der Waals surface area contributed by atoms with Gasteiger partial charge < -0.3 is 9.64 Å². The van der Waals surface area contributed by atoms with Crippen molar-refractivity contribution in [3.05, 3.63) is 81.7 Å². The van der Waals surface area contributed by atoms with E-state index >= 15 is 0 Å². The van der Waals surface area contributed by atoms with E-state index in [9.17, 15) is 9.18 Å². The molecule has 0 aliphatic heterocycles. The van der Waals surface area contributed by atoms with Gasteiger partial charge in [0.15, 0.2) is 0 Å². The molecule has 0 saturated heterocycles. The molecule has 0 atom stereocenters. The third-order valence-electron chi connectivity index (χ3n) is 7.35. The van der Waals surface area contributed by atoms with Crippen LogP contribution in [0.15, 0.2) is 54.7 Å². The highest BCUT2D eigenvalue weighted by Crippen LogP contribution is 2.40. The Kier molecular flexibility index (Phi) is 7.50. The average molecular weight is 537 g/mol. The zero-order valence-corrected chi connectivity index (χ0v) is 22.8. The van der Waals surface area contributed by atoms with Crippen LogP contribution in [0.25, 0.3) is 21.2 Å². The highest BCUT2D eigenvalue weighted by atomic mass is 35.5. The fourth-order valence-corrected chi connectivity index (χ4v) is 6.67. The molecule has 1 amide bonds. The molecular weight excluding hydrogens is 507 g/mol. The van der Waals surface area contributed by atoms with E-state index in [-0.39, 0.29) is 17.0 Å². The van der Waals surface area contributed by atoms with Crippen LogP contribution < -0.4 is 4.74 Å². The highest BCUT2D eigenvalue weighted by molar-refractivity contribution is 7.21. The molecule has 7 heteroatoms. The normalized spacial score (nSPS) is 17.6. The van der Waals surface area contributed by atoms with Gasteiger partial charge in [-0.25, -0.2) is 4.39 Å². The molecule has 4 nitrogen and oxygen atoms in total. The summed E-state index contributed by atoms with van der Waals surface area (Å²) in [5, 5.41) is 0.518. The summed E-state index contributed by atoms with van der Waals surface area (Å²) in [6.45, 7) is 4.60. The molecule has 0 unspecified atom stereocenters. The van der Waals surface area contributed by atoms with E-state index in [4.69, 9.17) is 16.3 Å². The van der Waals surface area contributed by atoms with Gasteiger partial charge in [-0.2, -0.15) is 0 Å². The van der Waals surface area contributed by atoms with Crippen molar-refractivity contribution in [2.75, 3.05) is 7.11 Å². The maximum absolute atomic E-state index is 14.6. The molecular formula is C30H30ClFN2O2S. The Labute approximate surface area is 226 Å². The van der Waals surface area contributed by atoms with Crippen molar-refractivity contribution >= 4 is 38.9 Å². The fourth-order valence-electron chi connectivity index (χ4n) is 5.16. The van der Waals surface area contributed by atoms with Crippen LogP contribution in [0.2, 0.25) is 5.02 Å². The number of carbonyl (C=O) groups is 1. The number of aryl methyl sites for hydroxylation is 1. The van der Waals surface area contributed by atoms with Gasteiger partial charge >= 0.3 is 0 Å². The summed E-state index contributed by atoms with van der Waals surface area (Å²) in [5.74, 6) is 0.799. The topological polar surface area (TPSA) is 42.4 Å². The minimum Gasteiger partial charge on any atom is -0.496 e. The minimum absolute atomic E-state index is 0.0734. The van der Waals surface area contributed by atoms with Crippen molar-refractivity contribution in [2.45, 2.75) is 52.1 Å². The molecule has 1 saturated carbocycles. The Balaban J connectivity index is 1.55. The van der Waals surface area contributed by atoms with Gasteiger partial charge in [-0.15, -0.1) is 11.3 Å². The molecule has 4 aromatic rings. The van der Waals surface area contributed by atoms with Gasteiger partial charge in [0, 0.05) is 45.7 Å². The number of hydrogen-bond acceptors (Lipinski definition) is 4. The van der Waals surface area contributed by atoms with E-state index in [0.29, 0.717) is 27.4 Å². The van der Waals surface area contributed by atoms with Crippen molar-refractivity contribution in [1.82, 2.24) is 9.88 Å². The zero-order chi connectivity index (χ0) is 26.1. The standard InChI is InChI=1S/C30H30ClFN2O2S/c1-18-7-12-23(13-8-18)34(30(35)29-28(31)27-24(32)5-4-6-26(27)37-29)17-22-15-20(11-14-25(22)36-3)21-10-9-19(2)33-16-21/h4-6,9-11,14-16,18,23H,7-8,12-13,17H2,1-3H3/t18-,23-. The van der Waals surface area contributed by atoms with Crippen LogP contribution in [0.3, 0.4) is 0 Å². The number of rotatable bonds is 6. The molecule has 2 heterocycles. The minimum atomic E-state index is -0.406. The Morgan fingerprint density at radius 2 is 1.89 bits per heavy atom. The van der Waals surface area contributed by atoms with Gasteiger partial charge in [-0.05, 0) is 74.4 Å². The number of ether oxygens (including phenoxy) is 1. The van der Waals surface area contributed by atoms with Crippen LogP contribution in [0, 0.1) is 18.7 Å². The molecule has 1 fully saturated rings. The SMILES string of the molecule is COc1ccc(-c2ccc(C)nc2)cc1CN(C(=O)c1sc2cccc(F)c2c1Cl)[C@H]1CC[C@H](C)CC1. The second-order valence-corrected chi connectivity index (χ2v) is 11.3. The first-order valence-electron chi connectivity index (χ1n) is 12.6. The van der Waals surface area contributed by atoms with Crippen LogP contribution in [0.1, 0.15) is 53.5 Å². The summed E-state index contributed by atoms with van der Waals surface area (Å²) in [6, 6.07) is 15.0. The molecule has 192 valence electrons. The van der Waals surface area contributed by atoms with E-state index in [0.717, 1.165) is 53.8 Å². The first-order chi connectivity index (χ1) is 17.9. The molecule has 0 bridgehead atoms. The molecule has 2 aromatic heterocycles. The summed E-state index contributed by atoms with van der Waals surface area (Å²) in [4.78, 5) is 20.9. The highest BCUT2D eigenvalue weighted by Gasteiger charge is 2.32. The van der Waals surface area contributed by atoms with Gasteiger partial charge in [0.25, 0.3) is 5.91 Å². The molecule has 0 N–H and O–H groups in total. The predicted molar refractivity (Wildman–Crippen MR) is 149 cm³/mol. The summed E-state index contributed by atoms with van der Waals surface area (Å²) >= 11 is 7.89. The first kappa shape index (κ1) is 25.7. The number of fused-ring (bicyclic) bond motifs is 1. The van der Waals surface area contributed by atoms with Gasteiger partial charge in [0.05, 0.1) is 12.1 Å². The van der Waals surface area contributed by atoms with Gasteiger partial charge in [-0.1, -0.05) is 36.7 Å². The number of halogens is 2. The predicted octanol–water partition coefficient (Wildman–Crippen LogP) is 8.29. The zero-order valence-electron chi connectivity index (χ0n) is 21.3. The Hall–Kier alpha value is -2.96. The summed E-state index contributed by atoms with van der Waals surface area (Å²) in [5.41, 5.74) is 3.88. The number of thiophene rings is 1. The molecule has 0 radical (unpaired) electrons. The molecule has 37 heavy (non-hydrogen) atoms. The summed E-state index contributed by atoms with van der Waals surface area (Å²) in [7, 11) is 1.64. The maximum atomic E-state index is 14.6. The van der Waals surface area contributed by atoms with E-state index in [1.54, 1.807) is 19.2 Å². The quantitative estimate of drug-likeness (QED) is 0.249. The molecule has 1 aliphatic rings. The molecule has 1 aliphatic carbocycles. The number of hydrogen-bond donors (Lipinski definition) is 0. The largest absolute Gasteiger partial charge is 0.496 e. The fraction of sp³-hybridized carbons (Fsp3) is 0.333. The third-order valence-corrected chi connectivity index (χ3v) is 8.99. The van der Waals surface area contributed by atoms with Gasteiger partial charge in [-0.3, -0.25) is 9.78 Å². The Morgan fingerprint density at radius 1 is 1.14 bits per heavy atom. The van der Waals surface area contributed by atoms with Crippen molar-refractivity contribution < 1.29 is 13.9 Å². The molecule has 0 spiro atoms. The monoisotopic (exact) mass is 536 g/mol. The van der Waals surface area contributed by atoms with Crippen molar-refractivity contribution in [1.29, 1.82) is 0 Å². The Morgan fingerprint density at radius 3 is 2.57 bits per heavy atom. The second-order valence-electron chi connectivity index (χ2n) is 9.92.